The molecule has 0 radical (unpaired) electrons. The summed E-state index contributed by atoms with van der Waals surface area (Å²) in [5, 5.41) is 4.68. The van der Waals surface area contributed by atoms with Crippen LogP contribution in [0, 0.1) is 0 Å². The largest absolute Gasteiger partial charge is 0.365 e. The van der Waals surface area contributed by atoms with Crippen LogP contribution in [0.4, 0.5) is 5.69 Å². The van der Waals surface area contributed by atoms with Gasteiger partial charge in [0, 0.05) is 41.4 Å². The van der Waals surface area contributed by atoms with Crippen molar-refractivity contribution in [3.63, 3.8) is 0 Å². The van der Waals surface area contributed by atoms with Crippen LogP contribution in [0.3, 0.4) is 0 Å². The van der Waals surface area contributed by atoms with E-state index in [0.29, 0.717) is 10.0 Å². The van der Waals surface area contributed by atoms with Crippen molar-refractivity contribution < 1.29 is 4.79 Å². The van der Waals surface area contributed by atoms with Crippen molar-refractivity contribution in [3.8, 4) is 0 Å². The number of piperazine rings is 1. The lowest BCUT2D eigenvalue weighted by Crippen LogP contribution is -2.58. The van der Waals surface area contributed by atoms with E-state index < -0.39 is 0 Å². The monoisotopic (exact) mass is 499 g/mol. The Morgan fingerprint density at radius 2 is 2.00 bits per heavy atom. The number of aromatic nitrogens is 2. The van der Waals surface area contributed by atoms with Gasteiger partial charge in [-0.1, -0.05) is 35.7 Å². The lowest BCUT2D eigenvalue weighted by Gasteiger charge is -2.42. The topological polar surface area (TPSA) is 53.4 Å². The summed E-state index contributed by atoms with van der Waals surface area (Å²) in [5.41, 5.74) is 4.17. The number of halogens is 2. The van der Waals surface area contributed by atoms with Gasteiger partial charge in [0.2, 0.25) is 5.91 Å². The van der Waals surface area contributed by atoms with E-state index in [1.54, 1.807) is 6.07 Å². The molecule has 1 N–H and O–H groups in total. The molecule has 2 aromatic carbocycles. The second-order valence-corrected chi connectivity index (χ2v) is 10.3. The number of amides is 1. The molecule has 0 saturated carbocycles. The van der Waals surface area contributed by atoms with E-state index in [2.05, 4.69) is 51.8 Å². The summed E-state index contributed by atoms with van der Waals surface area (Å²) in [6.45, 7) is 7.57. The average molecular weight is 500 g/mol. The summed E-state index contributed by atoms with van der Waals surface area (Å²) < 4.78 is 2.16. The van der Waals surface area contributed by atoms with Crippen molar-refractivity contribution in [1.82, 2.24) is 19.8 Å². The van der Waals surface area contributed by atoms with Gasteiger partial charge in [-0.05, 0) is 69.1 Å². The number of carbonyl (C=O) groups is 1. The minimum Gasteiger partial charge on any atom is -0.365 e. The highest BCUT2D eigenvalue weighted by Gasteiger charge is 2.31. The van der Waals surface area contributed by atoms with Gasteiger partial charge in [0.05, 0.1) is 29.4 Å². The highest BCUT2D eigenvalue weighted by molar-refractivity contribution is 6.35. The number of piperidine rings is 1. The normalized spacial score (nSPS) is 22.2. The van der Waals surface area contributed by atoms with Gasteiger partial charge in [0.25, 0.3) is 0 Å². The third-order valence-electron chi connectivity index (χ3n) is 7.27. The van der Waals surface area contributed by atoms with Gasteiger partial charge in [0.1, 0.15) is 0 Å². The van der Waals surface area contributed by atoms with E-state index in [1.165, 1.54) is 0 Å². The van der Waals surface area contributed by atoms with Crippen LogP contribution in [-0.4, -0.2) is 58.6 Å². The first-order valence-electron chi connectivity index (χ1n) is 12.1. The first kappa shape index (κ1) is 23.5. The fourth-order valence-corrected chi connectivity index (χ4v) is 5.88. The number of benzene rings is 2. The zero-order chi connectivity index (χ0) is 23.8. The Balaban J connectivity index is 1.36. The number of hydrogen-bond acceptors (Lipinski definition) is 4. The quantitative estimate of drug-likeness (QED) is 0.540. The molecule has 2 aliphatic heterocycles. The molecule has 3 heterocycles. The molecule has 6 nitrogen and oxygen atoms in total. The first-order chi connectivity index (χ1) is 16.4. The number of rotatable bonds is 4. The van der Waals surface area contributed by atoms with Crippen molar-refractivity contribution in [2.75, 3.05) is 31.1 Å². The summed E-state index contributed by atoms with van der Waals surface area (Å²) in [6.07, 6.45) is 5.12. The summed E-state index contributed by atoms with van der Waals surface area (Å²) >= 11 is 12.6. The minimum absolute atomic E-state index is 0.0138. The van der Waals surface area contributed by atoms with Crippen LogP contribution in [0.2, 0.25) is 10.0 Å². The number of carbonyl (C=O) groups excluding carboxylic acids is 1. The lowest BCUT2D eigenvalue weighted by atomic mass is 10.0. The molecule has 0 aliphatic carbocycles. The molecule has 2 aliphatic rings. The van der Waals surface area contributed by atoms with Gasteiger partial charge in [-0.25, -0.2) is 4.98 Å². The third kappa shape index (κ3) is 4.51. The van der Waals surface area contributed by atoms with Gasteiger partial charge in [0.15, 0.2) is 0 Å². The molecular formula is C26H31Cl2N5O. The number of nitrogens with zero attached hydrogens (tertiary/aromatic N) is 4. The number of nitrogens with one attached hydrogen (secondary N) is 1. The summed E-state index contributed by atoms with van der Waals surface area (Å²) in [4.78, 5) is 22.1. The first-order valence-corrected chi connectivity index (χ1v) is 12.9. The highest BCUT2D eigenvalue weighted by atomic mass is 35.5. The fourth-order valence-electron chi connectivity index (χ4n) is 5.32. The van der Waals surface area contributed by atoms with E-state index in [0.717, 1.165) is 67.7 Å². The molecule has 3 atom stereocenters. The zero-order valence-corrected chi connectivity index (χ0v) is 21.2. The van der Waals surface area contributed by atoms with Gasteiger partial charge in [-0.2, -0.15) is 0 Å². The molecule has 5 rings (SSSR count). The Hall–Kier alpha value is -2.28. The zero-order valence-electron chi connectivity index (χ0n) is 19.7. The number of fused-ring (bicyclic) bond motifs is 1. The Morgan fingerprint density at radius 1 is 1.15 bits per heavy atom. The summed E-state index contributed by atoms with van der Waals surface area (Å²) in [6, 6.07) is 12.3. The highest BCUT2D eigenvalue weighted by Crippen LogP contribution is 2.32. The molecule has 2 unspecified atom stereocenters. The predicted octanol–water partition coefficient (Wildman–Crippen LogP) is 5.13. The standard InChI is InChI=1S/C26H31Cl2N5O/c1-17-15-31(26(34)24-5-3-4-10-29-24)11-12-32(17)20-7-9-23-25(14-20)33(16-30-23)18(2)21-8-6-19(27)13-22(21)28/h6-9,13-14,16-18,24,29H,3-5,10-12,15H2,1-2H3/t17-,18?,24?/m0/s1. The molecule has 180 valence electrons. The van der Waals surface area contributed by atoms with Crippen molar-refractivity contribution in [1.29, 1.82) is 0 Å². The van der Waals surface area contributed by atoms with Crippen LogP contribution in [-0.2, 0) is 4.79 Å². The van der Waals surface area contributed by atoms with Gasteiger partial charge in [-0.15, -0.1) is 0 Å². The van der Waals surface area contributed by atoms with Crippen molar-refractivity contribution in [2.24, 2.45) is 0 Å². The van der Waals surface area contributed by atoms with E-state index in [1.807, 2.05) is 23.4 Å². The molecule has 8 heteroatoms. The second kappa shape index (κ2) is 9.76. The molecule has 2 saturated heterocycles. The van der Waals surface area contributed by atoms with Crippen molar-refractivity contribution >= 4 is 45.8 Å². The van der Waals surface area contributed by atoms with Crippen LogP contribution in [0.15, 0.2) is 42.7 Å². The summed E-state index contributed by atoms with van der Waals surface area (Å²) in [7, 11) is 0. The molecule has 34 heavy (non-hydrogen) atoms. The molecular weight excluding hydrogens is 469 g/mol. The number of anilines is 1. The Bertz CT molecular complexity index is 1190. The van der Waals surface area contributed by atoms with Crippen molar-refractivity contribution in [3.05, 3.63) is 58.3 Å². The minimum atomic E-state index is -0.0145. The van der Waals surface area contributed by atoms with Gasteiger partial charge >= 0.3 is 0 Å². The lowest BCUT2D eigenvalue weighted by molar-refractivity contribution is -0.134. The Kier molecular flexibility index (Phi) is 6.74. The van der Waals surface area contributed by atoms with E-state index >= 15 is 0 Å². The number of hydrogen-bond donors (Lipinski definition) is 1. The van der Waals surface area contributed by atoms with Gasteiger partial charge < -0.3 is 19.7 Å². The maximum atomic E-state index is 13.0. The smallest absolute Gasteiger partial charge is 0.239 e. The van der Waals surface area contributed by atoms with Crippen LogP contribution >= 0.6 is 23.2 Å². The fraction of sp³-hybridized carbons (Fsp3) is 0.462. The maximum absolute atomic E-state index is 13.0. The van der Waals surface area contributed by atoms with Crippen LogP contribution in [0.25, 0.3) is 11.0 Å². The van der Waals surface area contributed by atoms with Crippen LogP contribution < -0.4 is 10.2 Å². The Morgan fingerprint density at radius 3 is 2.74 bits per heavy atom. The van der Waals surface area contributed by atoms with E-state index in [9.17, 15) is 4.79 Å². The van der Waals surface area contributed by atoms with Crippen LogP contribution in [0.1, 0.15) is 44.7 Å². The average Bonchev–Trinajstić information content (AvgIpc) is 3.27. The molecule has 1 aromatic heterocycles. The molecule has 3 aromatic rings. The van der Waals surface area contributed by atoms with E-state index in [4.69, 9.17) is 23.2 Å². The molecule has 0 spiro atoms. The Labute approximate surface area is 210 Å². The molecule has 0 bridgehead atoms. The second-order valence-electron chi connectivity index (χ2n) is 9.50. The molecule has 2 fully saturated rings. The SMILES string of the molecule is CC(c1ccc(Cl)cc1Cl)n1cnc2ccc(N3CCN(C(=O)C4CCCCN4)C[C@@H]3C)cc21. The number of imidazole rings is 1. The predicted molar refractivity (Wildman–Crippen MR) is 139 cm³/mol. The van der Waals surface area contributed by atoms with Crippen LogP contribution in [0.5, 0.6) is 0 Å². The van der Waals surface area contributed by atoms with E-state index in [-0.39, 0.29) is 24.0 Å². The maximum Gasteiger partial charge on any atom is 0.239 e. The van der Waals surface area contributed by atoms with Crippen molar-refractivity contribution in [2.45, 2.75) is 51.2 Å². The summed E-state index contributed by atoms with van der Waals surface area (Å²) in [5.74, 6) is 0.258. The molecule has 1 amide bonds. The third-order valence-corrected chi connectivity index (χ3v) is 7.83. The van der Waals surface area contributed by atoms with Gasteiger partial charge in [-0.3, -0.25) is 4.79 Å².